The predicted molar refractivity (Wildman–Crippen MR) is 108 cm³/mol. The molecule has 0 spiro atoms. The highest BCUT2D eigenvalue weighted by atomic mass is 35.5. The average Bonchev–Trinajstić information content (AvgIpc) is 3.18. The second kappa shape index (κ2) is 8.33. The molecule has 0 aliphatic carbocycles. The molecule has 2 aromatic rings. The standard InChI is InChI=1S/C20H22ClNO4S/c1-25-17-9-10-20(26-2)18(14-17)19-4-3-12-22(19)27(23,24)13-11-15-5-7-16(21)8-6-15/h5-11,13-14,19H,3-4,12H2,1-2H3/b13-11+/t19-/m1/s1. The fraction of sp³-hybridized carbons (Fsp3) is 0.300. The van der Waals surface area contributed by atoms with Crippen LogP contribution in [-0.2, 0) is 10.0 Å². The third kappa shape index (κ3) is 4.46. The van der Waals surface area contributed by atoms with Gasteiger partial charge in [-0.2, -0.15) is 4.31 Å². The van der Waals surface area contributed by atoms with Gasteiger partial charge in [-0.25, -0.2) is 8.42 Å². The van der Waals surface area contributed by atoms with E-state index in [0.717, 1.165) is 24.0 Å². The highest BCUT2D eigenvalue weighted by Crippen LogP contribution is 2.40. The van der Waals surface area contributed by atoms with E-state index in [0.29, 0.717) is 23.1 Å². The maximum atomic E-state index is 13.0. The molecule has 0 radical (unpaired) electrons. The van der Waals surface area contributed by atoms with E-state index in [4.69, 9.17) is 21.1 Å². The molecule has 1 heterocycles. The van der Waals surface area contributed by atoms with E-state index in [1.54, 1.807) is 56.7 Å². The van der Waals surface area contributed by atoms with Crippen LogP contribution < -0.4 is 9.47 Å². The number of sulfonamides is 1. The summed E-state index contributed by atoms with van der Waals surface area (Å²) in [5.41, 5.74) is 1.59. The minimum Gasteiger partial charge on any atom is -0.497 e. The van der Waals surface area contributed by atoms with Crippen LogP contribution in [-0.4, -0.2) is 33.5 Å². The van der Waals surface area contributed by atoms with Crippen LogP contribution in [0.25, 0.3) is 6.08 Å². The third-order valence-electron chi connectivity index (χ3n) is 4.63. The van der Waals surface area contributed by atoms with Crippen molar-refractivity contribution in [3.05, 3.63) is 64.0 Å². The van der Waals surface area contributed by atoms with Gasteiger partial charge in [-0.05, 0) is 54.8 Å². The monoisotopic (exact) mass is 407 g/mol. The number of hydrogen-bond donors (Lipinski definition) is 0. The normalized spacial score (nSPS) is 18.1. The second-order valence-corrected chi connectivity index (χ2v) is 8.48. The van der Waals surface area contributed by atoms with Gasteiger partial charge < -0.3 is 9.47 Å². The maximum absolute atomic E-state index is 13.0. The van der Waals surface area contributed by atoms with Gasteiger partial charge in [0.05, 0.1) is 20.3 Å². The van der Waals surface area contributed by atoms with E-state index in [2.05, 4.69) is 0 Å². The Balaban J connectivity index is 1.90. The fourth-order valence-corrected chi connectivity index (χ4v) is 4.84. The highest BCUT2D eigenvalue weighted by molar-refractivity contribution is 7.92. The lowest BCUT2D eigenvalue weighted by Gasteiger charge is -2.24. The van der Waals surface area contributed by atoms with E-state index >= 15 is 0 Å². The molecule has 0 amide bonds. The van der Waals surface area contributed by atoms with E-state index in [9.17, 15) is 8.42 Å². The van der Waals surface area contributed by atoms with Gasteiger partial charge in [-0.15, -0.1) is 0 Å². The SMILES string of the molecule is COc1ccc(OC)c([C@H]2CCCN2S(=O)(=O)/C=C/c2ccc(Cl)cc2)c1. The van der Waals surface area contributed by atoms with Crippen LogP contribution in [0.4, 0.5) is 0 Å². The van der Waals surface area contributed by atoms with Gasteiger partial charge in [-0.1, -0.05) is 23.7 Å². The third-order valence-corrected chi connectivity index (χ3v) is 6.45. The zero-order valence-corrected chi connectivity index (χ0v) is 16.8. The van der Waals surface area contributed by atoms with Crippen LogP contribution in [0.2, 0.25) is 5.02 Å². The zero-order chi connectivity index (χ0) is 19.4. The maximum Gasteiger partial charge on any atom is 0.236 e. The molecule has 27 heavy (non-hydrogen) atoms. The Hall–Kier alpha value is -2.02. The van der Waals surface area contributed by atoms with Crippen molar-refractivity contribution in [2.24, 2.45) is 0 Å². The van der Waals surface area contributed by atoms with Crippen LogP contribution >= 0.6 is 11.6 Å². The summed E-state index contributed by atoms with van der Waals surface area (Å²) >= 11 is 5.87. The van der Waals surface area contributed by atoms with E-state index in [1.165, 1.54) is 9.71 Å². The van der Waals surface area contributed by atoms with Crippen molar-refractivity contribution in [3.8, 4) is 11.5 Å². The van der Waals surface area contributed by atoms with Crippen LogP contribution in [0, 0.1) is 0 Å². The van der Waals surface area contributed by atoms with Crippen molar-refractivity contribution in [1.29, 1.82) is 0 Å². The number of halogens is 1. The lowest BCUT2D eigenvalue weighted by atomic mass is 10.0. The second-order valence-electron chi connectivity index (χ2n) is 6.28. The summed E-state index contributed by atoms with van der Waals surface area (Å²) < 4.78 is 38.2. The van der Waals surface area contributed by atoms with Crippen molar-refractivity contribution < 1.29 is 17.9 Å². The van der Waals surface area contributed by atoms with Crippen molar-refractivity contribution >= 4 is 27.7 Å². The Labute approximate surface area is 165 Å². The van der Waals surface area contributed by atoms with Gasteiger partial charge >= 0.3 is 0 Å². The van der Waals surface area contributed by atoms with Crippen molar-refractivity contribution in [2.45, 2.75) is 18.9 Å². The molecule has 1 atom stereocenters. The number of nitrogens with zero attached hydrogens (tertiary/aromatic N) is 1. The number of benzene rings is 2. The Morgan fingerprint density at radius 3 is 2.52 bits per heavy atom. The first-order valence-corrected chi connectivity index (χ1v) is 10.5. The first-order chi connectivity index (χ1) is 12.9. The molecule has 2 aromatic carbocycles. The zero-order valence-electron chi connectivity index (χ0n) is 15.3. The fourth-order valence-electron chi connectivity index (χ4n) is 3.27. The molecule has 144 valence electrons. The van der Waals surface area contributed by atoms with Crippen LogP contribution in [0.1, 0.15) is 30.0 Å². The molecule has 3 rings (SSSR count). The van der Waals surface area contributed by atoms with Gasteiger partial charge in [0.25, 0.3) is 0 Å². The molecule has 0 N–H and O–H groups in total. The summed E-state index contributed by atoms with van der Waals surface area (Å²) in [6.07, 6.45) is 3.11. The number of rotatable bonds is 6. The Morgan fingerprint density at radius 1 is 1.11 bits per heavy atom. The molecule has 0 bridgehead atoms. The van der Waals surface area contributed by atoms with Crippen molar-refractivity contribution in [2.75, 3.05) is 20.8 Å². The summed E-state index contributed by atoms with van der Waals surface area (Å²) in [5.74, 6) is 1.33. The van der Waals surface area contributed by atoms with Gasteiger partial charge in [0, 0.05) is 22.5 Å². The van der Waals surface area contributed by atoms with Gasteiger partial charge in [0.2, 0.25) is 10.0 Å². The molecule has 0 aromatic heterocycles. The molecule has 1 aliphatic rings. The molecule has 1 saturated heterocycles. The largest absolute Gasteiger partial charge is 0.497 e. The van der Waals surface area contributed by atoms with Crippen LogP contribution in [0.15, 0.2) is 47.9 Å². The van der Waals surface area contributed by atoms with Gasteiger partial charge in [0.1, 0.15) is 11.5 Å². The Kier molecular flexibility index (Phi) is 6.09. The van der Waals surface area contributed by atoms with Crippen molar-refractivity contribution in [1.82, 2.24) is 4.31 Å². The Bertz CT molecular complexity index is 925. The first kappa shape index (κ1) is 19.7. The summed E-state index contributed by atoms with van der Waals surface area (Å²) in [4.78, 5) is 0. The van der Waals surface area contributed by atoms with Crippen LogP contribution in [0.5, 0.6) is 11.5 Å². The molecule has 0 unspecified atom stereocenters. The summed E-state index contributed by atoms with van der Waals surface area (Å²) in [6, 6.07) is 12.2. The van der Waals surface area contributed by atoms with E-state index in [1.807, 2.05) is 6.07 Å². The molecule has 5 nitrogen and oxygen atoms in total. The Morgan fingerprint density at radius 2 is 1.85 bits per heavy atom. The van der Waals surface area contributed by atoms with Crippen molar-refractivity contribution in [3.63, 3.8) is 0 Å². The number of hydrogen-bond acceptors (Lipinski definition) is 4. The minimum absolute atomic E-state index is 0.282. The smallest absolute Gasteiger partial charge is 0.236 e. The van der Waals surface area contributed by atoms with Gasteiger partial charge in [-0.3, -0.25) is 0 Å². The quantitative estimate of drug-likeness (QED) is 0.707. The topological polar surface area (TPSA) is 55.8 Å². The van der Waals surface area contributed by atoms with E-state index < -0.39 is 10.0 Å². The summed E-state index contributed by atoms with van der Waals surface area (Å²) in [7, 11) is -0.417. The van der Waals surface area contributed by atoms with Crippen LogP contribution in [0.3, 0.4) is 0 Å². The lowest BCUT2D eigenvalue weighted by Crippen LogP contribution is -2.29. The number of methoxy groups -OCH3 is 2. The van der Waals surface area contributed by atoms with Gasteiger partial charge in [0.15, 0.2) is 0 Å². The predicted octanol–water partition coefficient (Wildman–Crippen LogP) is 4.49. The first-order valence-electron chi connectivity index (χ1n) is 8.62. The molecule has 0 saturated carbocycles. The lowest BCUT2D eigenvalue weighted by molar-refractivity contribution is 0.364. The molecule has 1 aliphatic heterocycles. The average molecular weight is 408 g/mol. The molecule has 7 heteroatoms. The highest BCUT2D eigenvalue weighted by Gasteiger charge is 2.35. The minimum atomic E-state index is -3.59. The summed E-state index contributed by atoms with van der Waals surface area (Å²) in [6.45, 7) is 0.471. The molecular weight excluding hydrogens is 386 g/mol. The molecule has 1 fully saturated rings. The number of ether oxygens (including phenoxy) is 2. The van der Waals surface area contributed by atoms with E-state index in [-0.39, 0.29) is 6.04 Å². The molecular formula is C20H22ClNO4S. The summed E-state index contributed by atoms with van der Waals surface area (Å²) in [5, 5.41) is 1.86.